The normalized spacial score (nSPS) is 20.3. The molecule has 1 atom stereocenters. The fourth-order valence-corrected chi connectivity index (χ4v) is 3.70. The first-order chi connectivity index (χ1) is 9.97. The van der Waals surface area contributed by atoms with E-state index in [4.69, 9.17) is 4.98 Å². The first-order valence-electron chi connectivity index (χ1n) is 7.40. The number of aromatic nitrogens is 3. The molecule has 3 rings (SSSR count). The molecule has 5 heteroatoms. The Hall–Kier alpha value is -1.33. The minimum atomic E-state index is 0.281. The minimum Gasteiger partial charge on any atom is -0.313 e. The molecular formula is C16H22N4S. The van der Waals surface area contributed by atoms with Crippen molar-refractivity contribution in [1.82, 2.24) is 20.3 Å². The Morgan fingerprint density at radius 3 is 2.86 bits per heavy atom. The van der Waals surface area contributed by atoms with Crippen LogP contribution in [0.3, 0.4) is 0 Å². The molecule has 0 radical (unpaired) electrons. The van der Waals surface area contributed by atoms with Gasteiger partial charge in [0.05, 0.1) is 17.1 Å². The highest BCUT2D eigenvalue weighted by molar-refractivity contribution is 7.09. The van der Waals surface area contributed by atoms with E-state index in [0.717, 1.165) is 35.8 Å². The summed E-state index contributed by atoms with van der Waals surface area (Å²) < 4.78 is 0. The predicted octanol–water partition coefficient (Wildman–Crippen LogP) is 3.07. The summed E-state index contributed by atoms with van der Waals surface area (Å²) in [6.45, 7) is 6.65. The van der Waals surface area contributed by atoms with Gasteiger partial charge in [-0.15, -0.1) is 11.3 Å². The Morgan fingerprint density at radius 2 is 2.19 bits per heavy atom. The summed E-state index contributed by atoms with van der Waals surface area (Å²) in [6.07, 6.45) is 4.88. The van der Waals surface area contributed by atoms with Crippen molar-refractivity contribution in [1.29, 1.82) is 0 Å². The van der Waals surface area contributed by atoms with Gasteiger partial charge in [-0.2, -0.15) is 0 Å². The van der Waals surface area contributed by atoms with Crippen LogP contribution in [-0.2, 0) is 12.8 Å². The number of aryl methyl sites for hydroxylation is 1. The number of nitrogens with zero attached hydrogens (tertiary/aromatic N) is 3. The summed E-state index contributed by atoms with van der Waals surface area (Å²) >= 11 is 1.68. The maximum absolute atomic E-state index is 4.83. The van der Waals surface area contributed by atoms with Crippen LogP contribution in [0.15, 0.2) is 11.6 Å². The van der Waals surface area contributed by atoms with E-state index in [-0.39, 0.29) is 5.41 Å². The van der Waals surface area contributed by atoms with Crippen molar-refractivity contribution in [3.8, 4) is 0 Å². The molecule has 0 fully saturated rings. The number of nitrogens with one attached hydrogen (secondary N) is 1. The summed E-state index contributed by atoms with van der Waals surface area (Å²) in [5.41, 5.74) is 3.80. The van der Waals surface area contributed by atoms with Crippen LogP contribution in [0.5, 0.6) is 0 Å². The van der Waals surface area contributed by atoms with E-state index < -0.39 is 0 Å². The van der Waals surface area contributed by atoms with Crippen LogP contribution >= 0.6 is 11.3 Å². The van der Waals surface area contributed by atoms with E-state index >= 15 is 0 Å². The monoisotopic (exact) mass is 302 g/mol. The molecule has 0 spiro atoms. The predicted molar refractivity (Wildman–Crippen MR) is 85.6 cm³/mol. The Labute approximate surface area is 130 Å². The lowest BCUT2D eigenvalue weighted by Crippen LogP contribution is -2.32. The van der Waals surface area contributed by atoms with Crippen molar-refractivity contribution in [2.24, 2.45) is 5.41 Å². The first kappa shape index (κ1) is 14.6. The minimum absolute atomic E-state index is 0.281. The van der Waals surface area contributed by atoms with E-state index in [1.54, 1.807) is 11.3 Å². The molecule has 2 aromatic rings. The second kappa shape index (κ2) is 5.46. The molecule has 0 saturated carbocycles. The number of hydrogen-bond donors (Lipinski definition) is 1. The van der Waals surface area contributed by atoms with Crippen LogP contribution in [0.4, 0.5) is 0 Å². The molecule has 0 amide bonds. The van der Waals surface area contributed by atoms with Crippen molar-refractivity contribution >= 4 is 11.3 Å². The summed E-state index contributed by atoms with van der Waals surface area (Å²) in [7, 11) is 2.02. The van der Waals surface area contributed by atoms with E-state index in [0.29, 0.717) is 6.04 Å². The van der Waals surface area contributed by atoms with Crippen molar-refractivity contribution in [3.63, 3.8) is 0 Å². The SMILES string of the molecule is CNC1CC(C)(C)Cc2nc(Cc3csc(C)n3)ncc21. The van der Waals surface area contributed by atoms with Crippen molar-refractivity contribution in [2.75, 3.05) is 7.05 Å². The maximum atomic E-state index is 4.83. The third-order valence-corrected chi connectivity index (χ3v) is 4.90. The van der Waals surface area contributed by atoms with E-state index in [1.165, 1.54) is 11.3 Å². The van der Waals surface area contributed by atoms with Gasteiger partial charge in [-0.3, -0.25) is 0 Å². The lowest BCUT2D eigenvalue weighted by Gasteiger charge is -2.36. The van der Waals surface area contributed by atoms with Crippen molar-refractivity contribution in [3.05, 3.63) is 39.4 Å². The molecule has 0 aromatic carbocycles. The molecule has 4 nitrogen and oxygen atoms in total. The zero-order chi connectivity index (χ0) is 15.0. The van der Waals surface area contributed by atoms with Crippen molar-refractivity contribution < 1.29 is 0 Å². The largest absolute Gasteiger partial charge is 0.313 e. The molecule has 21 heavy (non-hydrogen) atoms. The van der Waals surface area contributed by atoms with Gasteiger partial charge in [0.25, 0.3) is 0 Å². The lowest BCUT2D eigenvalue weighted by molar-refractivity contribution is 0.260. The highest BCUT2D eigenvalue weighted by Crippen LogP contribution is 2.39. The molecule has 1 N–H and O–H groups in total. The maximum Gasteiger partial charge on any atom is 0.134 e. The van der Waals surface area contributed by atoms with Crippen LogP contribution in [-0.4, -0.2) is 22.0 Å². The molecule has 0 bridgehead atoms. The summed E-state index contributed by atoms with van der Waals surface area (Å²) in [5.74, 6) is 0.881. The smallest absolute Gasteiger partial charge is 0.134 e. The van der Waals surface area contributed by atoms with E-state index in [1.807, 2.05) is 20.2 Å². The molecule has 1 unspecified atom stereocenters. The first-order valence-corrected chi connectivity index (χ1v) is 8.28. The second-order valence-corrected chi connectivity index (χ2v) is 7.67. The topological polar surface area (TPSA) is 50.7 Å². The van der Waals surface area contributed by atoms with Crippen LogP contribution in [0.1, 0.15) is 54.1 Å². The van der Waals surface area contributed by atoms with E-state index in [9.17, 15) is 0 Å². The van der Waals surface area contributed by atoms with Gasteiger partial charge in [-0.1, -0.05) is 13.8 Å². The Morgan fingerprint density at radius 1 is 1.38 bits per heavy atom. The van der Waals surface area contributed by atoms with Crippen LogP contribution < -0.4 is 5.32 Å². The third-order valence-electron chi connectivity index (χ3n) is 4.08. The van der Waals surface area contributed by atoms with Gasteiger partial charge in [0.1, 0.15) is 5.82 Å². The summed E-state index contributed by atoms with van der Waals surface area (Å²) in [5, 5.41) is 6.59. The number of fused-ring (bicyclic) bond motifs is 1. The molecule has 2 heterocycles. The van der Waals surface area contributed by atoms with Crippen molar-refractivity contribution in [2.45, 2.75) is 46.1 Å². The summed E-state index contributed by atoms with van der Waals surface area (Å²) in [6, 6.07) is 0.360. The lowest BCUT2D eigenvalue weighted by atomic mass is 9.74. The molecule has 0 saturated heterocycles. The molecule has 0 aliphatic heterocycles. The Bertz CT molecular complexity index is 647. The quantitative estimate of drug-likeness (QED) is 0.946. The average molecular weight is 302 g/mol. The fraction of sp³-hybridized carbons (Fsp3) is 0.562. The molecular weight excluding hydrogens is 280 g/mol. The van der Waals surface area contributed by atoms with Crippen LogP contribution in [0, 0.1) is 12.3 Å². The average Bonchev–Trinajstić information content (AvgIpc) is 2.81. The van der Waals surface area contributed by atoms with Crippen LogP contribution in [0.2, 0.25) is 0 Å². The van der Waals surface area contributed by atoms with Gasteiger partial charge in [0, 0.05) is 28.9 Å². The second-order valence-electron chi connectivity index (χ2n) is 6.61. The number of thiazole rings is 1. The zero-order valence-corrected chi connectivity index (χ0v) is 13.9. The van der Waals surface area contributed by atoms with Gasteiger partial charge in [-0.05, 0) is 32.2 Å². The molecule has 2 aromatic heterocycles. The molecule has 112 valence electrons. The standard InChI is InChI=1S/C16H22N4S/c1-10-19-11(9-21-10)5-15-18-8-12-13(17-4)6-16(2,3)7-14(12)20-15/h8-9,13,17H,5-7H2,1-4H3. The highest BCUT2D eigenvalue weighted by atomic mass is 32.1. The van der Waals surface area contributed by atoms with E-state index in [2.05, 4.69) is 34.5 Å². The van der Waals surface area contributed by atoms with Gasteiger partial charge >= 0.3 is 0 Å². The summed E-state index contributed by atoms with van der Waals surface area (Å²) in [4.78, 5) is 13.9. The number of hydrogen-bond acceptors (Lipinski definition) is 5. The Kier molecular flexibility index (Phi) is 3.80. The number of rotatable bonds is 3. The van der Waals surface area contributed by atoms with Gasteiger partial charge in [0.2, 0.25) is 0 Å². The fourth-order valence-electron chi connectivity index (χ4n) is 3.08. The Balaban J connectivity index is 1.89. The molecule has 1 aliphatic carbocycles. The van der Waals surface area contributed by atoms with Gasteiger partial charge < -0.3 is 5.32 Å². The molecule has 1 aliphatic rings. The van der Waals surface area contributed by atoms with Gasteiger partial charge in [0.15, 0.2) is 0 Å². The van der Waals surface area contributed by atoms with Crippen LogP contribution in [0.25, 0.3) is 0 Å². The third kappa shape index (κ3) is 3.14. The zero-order valence-electron chi connectivity index (χ0n) is 13.1. The van der Waals surface area contributed by atoms with Gasteiger partial charge in [-0.25, -0.2) is 15.0 Å². The highest BCUT2D eigenvalue weighted by Gasteiger charge is 2.32.